The van der Waals surface area contributed by atoms with E-state index in [9.17, 15) is 14.3 Å². The minimum Gasteiger partial charge on any atom is -0.482 e. The topological polar surface area (TPSA) is 58.6 Å². The molecule has 0 saturated carbocycles. The Morgan fingerprint density at radius 2 is 1.88 bits per heavy atom. The number of amides is 1. The molecule has 0 aliphatic carbocycles. The molecule has 0 aromatic heterocycles. The van der Waals surface area contributed by atoms with Crippen LogP contribution in [0.25, 0.3) is 11.1 Å². The molecule has 2 N–H and O–H groups in total. The van der Waals surface area contributed by atoms with Crippen LogP contribution in [0.3, 0.4) is 0 Å². The van der Waals surface area contributed by atoms with Crippen LogP contribution in [0.15, 0.2) is 54.3 Å². The number of aliphatic hydroxyl groups excluding tert-OH is 1. The van der Waals surface area contributed by atoms with Gasteiger partial charge in [-0.05, 0) is 49.2 Å². The standard InChI is InChI=1S/C21H18FNO3/c1-21(2)16(13-5-3-12(11-24)4-6-13)10-18(26-21)19-15-8-7-14(22)9-17(15)23-20(19)25/h3-10,24H,11H2,1-2H3,(H,23,25)/b19-18+. The van der Waals surface area contributed by atoms with E-state index in [0.717, 1.165) is 16.7 Å². The fraction of sp³-hybridized carbons (Fsp3) is 0.190. The number of ether oxygens (including phenoxy) is 1. The minimum atomic E-state index is -0.619. The van der Waals surface area contributed by atoms with Gasteiger partial charge in [-0.2, -0.15) is 0 Å². The predicted octanol–water partition coefficient (Wildman–Crippen LogP) is 3.87. The van der Waals surface area contributed by atoms with Crippen LogP contribution in [0, 0.1) is 5.82 Å². The van der Waals surface area contributed by atoms with Gasteiger partial charge in [0.1, 0.15) is 17.2 Å². The molecule has 0 atom stereocenters. The van der Waals surface area contributed by atoms with Crippen molar-refractivity contribution < 1.29 is 19.0 Å². The lowest BCUT2D eigenvalue weighted by atomic mass is 9.91. The molecule has 4 nitrogen and oxygen atoms in total. The number of halogens is 1. The van der Waals surface area contributed by atoms with E-state index in [1.165, 1.54) is 12.1 Å². The van der Waals surface area contributed by atoms with E-state index in [0.29, 0.717) is 22.6 Å². The van der Waals surface area contributed by atoms with E-state index < -0.39 is 11.4 Å². The van der Waals surface area contributed by atoms with Crippen molar-refractivity contribution in [2.45, 2.75) is 26.1 Å². The lowest BCUT2D eigenvalue weighted by Crippen LogP contribution is -2.21. The molecule has 132 valence electrons. The third kappa shape index (κ3) is 2.61. The third-order valence-electron chi connectivity index (χ3n) is 4.71. The van der Waals surface area contributed by atoms with Gasteiger partial charge in [-0.25, -0.2) is 4.39 Å². The fourth-order valence-electron chi connectivity index (χ4n) is 3.40. The van der Waals surface area contributed by atoms with E-state index in [1.54, 1.807) is 6.07 Å². The molecule has 0 unspecified atom stereocenters. The van der Waals surface area contributed by atoms with Crippen LogP contribution in [0.5, 0.6) is 0 Å². The van der Waals surface area contributed by atoms with E-state index in [2.05, 4.69) is 5.32 Å². The van der Waals surface area contributed by atoms with Crippen molar-refractivity contribution in [3.05, 3.63) is 76.8 Å². The Labute approximate surface area is 150 Å². The molecule has 26 heavy (non-hydrogen) atoms. The van der Waals surface area contributed by atoms with Crippen molar-refractivity contribution in [1.29, 1.82) is 0 Å². The van der Waals surface area contributed by atoms with Gasteiger partial charge in [0.2, 0.25) is 0 Å². The largest absolute Gasteiger partial charge is 0.482 e. The van der Waals surface area contributed by atoms with Crippen LogP contribution in [-0.4, -0.2) is 16.6 Å². The molecular formula is C21H18FNO3. The Morgan fingerprint density at radius 1 is 1.15 bits per heavy atom. The second kappa shape index (κ2) is 5.81. The molecule has 0 spiro atoms. The third-order valence-corrected chi connectivity index (χ3v) is 4.71. The number of hydrogen-bond donors (Lipinski definition) is 2. The average molecular weight is 351 g/mol. The zero-order valence-corrected chi connectivity index (χ0v) is 14.5. The van der Waals surface area contributed by atoms with Gasteiger partial charge in [0, 0.05) is 11.1 Å². The first kappa shape index (κ1) is 16.5. The first-order chi connectivity index (χ1) is 12.4. The van der Waals surface area contributed by atoms with E-state index >= 15 is 0 Å². The molecule has 0 bridgehead atoms. The summed E-state index contributed by atoms with van der Waals surface area (Å²) in [4.78, 5) is 12.4. The number of allylic oxidation sites excluding steroid dienone is 1. The monoisotopic (exact) mass is 351 g/mol. The molecule has 2 aliphatic rings. The van der Waals surface area contributed by atoms with Crippen molar-refractivity contribution in [1.82, 2.24) is 0 Å². The van der Waals surface area contributed by atoms with Crippen LogP contribution in [0.2, 0.25) is 0 Å². The summed E-state index contributed by atoms with van der Waals surface area (Å²) in [6.07, 6.45) is 1.86. The normalized spacial score (nSPS) is 20.5. The molecule has 1 amide bonds. The zero-order valence-electron chi connectivity index (χ0n) is 14.5. The van der Waals surface area contributed by atoms with Crippen LogP contribution in [0.4, 0.5) is 10.1 Å². The first-order valence-corrected chi connectivity index (χ1v) is 8.36. The summed E-state index contributed by atoms with van der Waals surface area (Å²) in [5.74, 6) is -0.230. The lowest BCUT2D eigenvalue weighted by Gasteiger charge is -2.23. The molecular weight excluding hydrogens is 333 g/mol. The van der Waals surface area contributed by atoms with Gasteiger partial charge in [0.25, 0.3) is 5.91 Å². The molecule has 0 saturated heterocycles. The number of carbonyl (C=O) groups excluding carboxylic acids is 1. The Morgan fingerprint density at radius 3 is 2.58 bits per heavy atom. The van der Waals surface area contributed by atoms with Gasteiger partial charge in [0.05, 0.1) is 17.9 Å². The maximum atomic E-state index is 13.4. The average Bonchev–Trinajstić information content (AvgIpc) is 3.09. The number of hydrogen-bond acceptors (Lipinski definition) is 3. The summed E-state index contributed by atoms with van der Waals surface area (Å²) in [6, 6.07) is 11.8. The number of anilines is 1. The Bertz CT molecular complexity index is 971. The number of benzene rings is 2. The molecule has 2 aromatic rings. The van der Waals surface area contributed by atoms with Gasteiger partial charge >= 0.3 is 0 Å². The highest BCUT2D eigenvalue weighted by Gasteiger charge is 2.37. The van der Waals surface area contributed by atoms with Gasteiger partial charge in [0.15, 0.2) is 0 Å². The van der Waals surface area contributed by atoms with Crippen molar-refractivity contribution in [3.63, 3.8) is 0 Å². The highest BCUT2D eigenvalue weighted by molar-refractivity contribution is 6.32. The minimum absolute atomic E-state index is 0.0119. The van der Waals surface area contributed by atoms with Crippen molar-refractivity contribution in [2.75, 3.05) is 5.32 Å². The lowest BCUT2D eigenvalue weighted by molar-refractivity contribution is -0.111. The van der Waals surface area contributed by atoms with E-state index in [4.69, 9.17) is 4.74 Å². The van der Waals surface area contributed by atoms with Crippen LogP contribution < -0.4 is 5.32 Å². The number of nitrogens with one attached hydrogen (secondary N) is 1. The second-order valence-corrected chi connectivity index (χ2v) is 6.91. The molecule has 5 heteroatoms. The van der Waals surface area contributed by atoms with Crippen LogP contribution in [0.1, 0.15) is 30.5 Å². The Hall–Kier alpha value is -2.92. The van der Waals surface area contributed by atoms with Crippen molar-refractivity contribution in [3.8, 4) is 0 Å². The predicted molar refractivity (Wildman–Crippen MR) is 97.5 cm³/mol. The van der Waals surface area contributed by atoms with Crippen LogP contribution in [-0.2, 0) is 16.1 Å². The smallest absolute Gasteiger partial charge is 0.260 e. The molecule has 4 rings (SSSR count). The first-order valence-electron chi connectivity index (χ1n) is 8.36. The molecule has 0 fully saturated rings. The van der Waals surface area contributed by atoms with Gasteiger partial charge in [-0.1, -0.05) is 24.3 Å². The second-order valence-electron chi connectivity index (χ2n) is 6.91. The fourth-order valence-corrected chi connectivity index (χ4v) is 3.40. The number of aliphatic hydroxyl groups is 1. The van der Waals surface area contributed by atoms with E-state index in [-0.39, 0.29) is 12.5 Å². The van der Waals surface area contributed by atoms with Crippen molar-refractivity contribution in [2.24, 2.45) is 0 Å². The summed E-state index contributed by atoms with van der Waals surface area (Å²) in [5.41, 5.74) is 3.61. The molecule has 0 radical (unpaired) electrons. The maximum absolute atomic E-state index is 13.4. The highest BCUT2D eigenvalue weighted by Crippen LogP contribution is 2.44. The maximum Gasteiger partial charge on any atom is 0.260 e. The SMILES string of the molecule is CC1(C)O/C(=C2/C(=O)Nc3cc(F)ccc32)C=C1c1ccc(CO)cc1. The number of carbonyl (C=O) groups is 1. The Kier molecular flexibility index (Phi) is 3.70. The summed E-state index contributed by atoms with van der Waals surface area (Å²) in [7, 11) is 0. The number of rotatable bonds is 2. The quantitative estimate of drug-likeness (QED) is 0.808. The zero-order chi connectivity index (χ0) is 18.5. The Balaban J connectivity index is 1.82. The summed E-state index contributed by atoms with van der Waals surface area (Å²) >= 11 is 0. The summed E-state index contributed by atoms with van der Waals surface area (Å²) in [6.45, 7) is 3.86. The summed E-state index contributed by atoms with van der Waals surface area (Å²) in [5, 5.41) is 11.9. The van der Waals surface area contributed by atoms with E-state index in [1.807, 2.05) is 44.2 Å². The summed E-state index contributed by atoms with van der Waals surface area (Å²) < 4.78 is 19.5. The molecule has 2 heterocycles. The molecule has 2 aromatic carbocycles. The van der Waals surface area contributed by atoms with Gasteiger partial charge in [-0.15, -0.1) is 0 Å². The molecule has 2 aliphatic heterocycles. The van der Waals surface area contributed by atoms with Gasteiger partial charge in [-0.3, -0.25) is 4.79 Å². The highest BCUT2D eigenvalue weighted by atomic mass is 19.1. The van der Waals surface area contributed by atoms with Crippen LogP contribution >= 0.6 is 0 Å². The number of fused-ring (bicyclic) bond motifs is 1. The van der Waals surface area contributed by atoms with Crippen molar-refractivity contribution >= 4 is 22.7 Å². The van der Waals surface area contributed by atoms with Gasteiger partial charge < -0.3 is 15.2 Å².